The Bertz CT molecular complexity index is 489. The van der Waals surface area contributed by atoms with Gasteiger partial charge in [-0.05, 0) is 12.1 Å². The molecule has 0 amide bonds. The summed E-state index contributed by atoms with van der Waals surface area (Å²) in [5, 5.41) is 11.5. The molecule has 88 valence electrons. The zero-order chi connectivity index (χ0) is 11.8. The van der Waals surface area contributed by atoms with Gasteiger partial charge in [-0.2, -0.15) is 0 Å². The molecule has 1 aliphatic rings. The van der Waals surface area contributed by atoms with Crippen LogP contribution in [0.1, 0.15) is 0 Å². The Labute approximate surface area is 103 Å². The van der Waals surface area contributed by atoms with Gasteiger partial charge in [0.1, 0.15) is 23.6 Å². The lowest BCUT2D eigenvalue weighted by atomic mass is 10.2. The molecule has 1 heterocycles. The molecule has 3 N–H and O–H groups in total. The number of rotatable bonds is 2. The summed E-state index contributed by atoms with van der Waals surface area (Å²) < 4.78 is 23.6. The summed E-state index contributed by atoms with van der Waals surface area (Å²) in [5.41, 5.74) is 0.926. The van der Waals surface area contributed by atoms with Gasteiger partial charge in [0.15, 0.2) is 9.84 Å². The van der Waals surface area contributed by atoms with Crippen LogP contribution in [0, 0.1) is 0 Å². The second-order valence-corrected chi connectivity index (χ2v) is 7.10. The molecule has 1 saturated heterocycles. The van der Waals surface area contributed by atoms with Crippen LogP contribution in [0.2, 0.25) is 0 Å². The molecule has 2 rings (SSSR count). The maximum atomic E-state index is 11.3. The van der Waals surface area contributed by atoms with Gasteiger partial charge >= 0.3 is 0 Å². The van der Waals surface area contributed by atoms with Crippen molar-refractivity contribution in [1.82, 2.24) is 0 Å². The molecule has 0 radical (unpaired) electrons. The van der Waals surface area contributed by atoms with Crippen molar-refractivity contribution in [3.63, 3.8) is 0 Å². The van der Waals surface area contributed by atoms with E-state index in [0.717, 1.165) is 10.2 Å². The van der Waals surface area contributed by atoms with Crippen molar-refractivity contribution in [2.75, 3.05) is 11.5 Å². The second-order valence-electron chi connectivity index (χ2n) is 4.03. The van der Waals surface area contributed by atoms with Crippen molar-refractivity contribution in [2.24, 2.45) is 0 Å². The summed E-state index contributed by atoms with van der Waals surface area (Å²) in [6.45, 7) is 0. The monoisotopic (exact) mass is 306 g/mol. The van der Waals surface area contributed by atoms with Crippen molar-refractivity contribution in [1.29, 1.82) is 0 Å². The van der Waals surface area contributed by atoms with Crippen molar-refractivity contribution < 1.29 is 18.8 Å². The van der Waals surface area contributed by atoms with Gasteiger partial charge in [-0.25, -0.2) is 8.42 Å². The number of aliphatic hydroxyl groups is 1. The van der Waals surface area contributed by atoms with Crippen molar-refractivity contribution >= 4 is 31.5 Å². The Morgan fingerprint density at radius 1 is 1.38 bits per heavy atom. The Morgan fingerprint density at radius 2 is 2.12 bits per heavy atom. The summed E-state index contributed by atoms with van der Waals surface area (Å²) in [6, 6.07) is 7.28. The molecule has 0 bridgehead atoms. The number of hydrogen-bond donors (Lipinski definition) is 2. The molecule has 2 atom stereocenters. The molecule has 2 unspecified atom stereocenters. The third-order valence-electron chi connectivity index (χ3n) is 2.62. The van der Waals surface area contributed by atoms with Gasteiger partial charge in [0, 0.05) is 10.5 Å². The Balaban J connectivity index is 2.11. The van der Waals surface area contributed by atoms with E-state index in [2.05, 4.69) is 15.9 Å². The van der Waals surface area contributed by atoms with E-state index in [-0.39, 0.29) is 17.5 Å². The minimum absolute atomic E-state index is 0.0423. The zero-order valence-corrected chi connectivity index (χ0v) is 10.9. The van der Waals surface area contributed by atoms with Gasteiger partial charge in [0.25, 0.3) is 0 Å². The largest absolute Gasteiger partial charge is 0.386 e. The quantitative estimate of drug-likeness (QED) is 0.744. The smallest absolute Gasteiger partial charge is 0.159 e. The Kier molecular flexibility index (Phi) is 3.34. The average molecular weight is 307 g/mol. The van der Waals surface area contributed by atoms with Crippen molar-refractivity contribution in [2.45, 2.75) is 12.1 Å². The van der Waals surface area contributed by atoms with E-state index in [1.54, 1.807) is 0 Å². The fourth-order valence-electron chi connectivity index (χ4n) is 1.87. The number of benzene rings is 1. The summed E-state index contributed by atoms with van der Waals surface area (Å²) in [6.07, 6.45) is -0.774. The first kappa shape index (κ1) is 12.0. The van der Waals surface area contributed by atoms with Crippen molar-refractivity contribution in [3.05, 3.63) is 28.7 Å². The molecule has 0 spiro atoms. The summed E-state index contributed by atoms with van der Waals surface area (Å²) in [5.74, 6) is -0.0805. The topological polar surface area (TPSA) is 71.0 Å². The molecule has 0 saturated carbocycles. The maximum Gasteiger partial charge on any atom is 0.159 e. The summed E-state index contributed by atoms with van der Waals surface area (Å²) >= 11 is 3.35. The van der Waals surface area contributed by atoms with Crippen molar-refractivity contribution in [3.8, 4) is 0 Å². The lowest BCUT2D eigenvalue weighted by molar-refractivity contribution is -0.613. The van der Waals surface area contributed by atoms with Crippen LogP contribution in [-0.2, 0) is 9.84 Å². The van der Waals surface area contributed by atoms with E-state index < -0.39 is 15.9 Å². The molecule has 1 aliphatic heterocycles. The highest BCUT2D eigenvalue weighted by molar-refractivity contribution is 9.10. The number of nitrogens with two attached hydrogens (primary N) is 1. The highest BCUT2D eigenvalue weighted by Crippen LogP contribution is 2.14. The normalized spacial score (nSPS) is 28.1. The Hall–Kier alpha value is -0.430. The molecule has 0 aliphatic carbocycles. The molecule has 4 nitrogen and oxygen atoms in total. The molecular formula is C10H13BrNO3S+. The van der Waals surface area contributed by atoms with Crippen LogP contribution in [0.5, 0.6) is 0 Å². The van der Waals surface area contributed by atoms with Gasteiger partial charge in [-0.15, -0.1) is 0 Å². The molecule has 0 aromatic heterocycles. The van der Waals surface area contributed by atoms with E-state index in [1.165, 1.54) is 0 Å². The van der Waals surface area contributed by atoms with Crippen LogP contribution >= 0.6 is 15.9 Å². The third-order valence-corrected chi connectivity index (χ3v) is 4.86. The second kappa shape index (κ2) is 4.44. The average Bonchev–Trinajstić information content (AvgIpc) is 2.39. The van der Waals surface area contributed by atoms with Gasteiger partial charge in [0.05, 0.1) is 5.75 Å². The summed E-state index contributed by atoms with van der Waals surface area (Å²) in [4.78, 5) is 0. The van der Waals surface area contributed by atoms with E-state index in [1.807, 2.05) is 29.6 Å². The number of aliphatic hydroxyl groups excluding tert-OH is 1. The van der Waals surface area contributed by atoms with Crippen LogP contribution in [0.25, 0.3) is 0 Å². The Morgan fingerprint density at radius 3 is 2.69 bits per heavy atom. The lowest BCUT2D eigenvalue weighted by Crippen LogP contribution is -2.87. The predicted octanol–water partition coefficient (Wildman–Crippen LogP) is -0.198. The van der Waals surface area contributed by atoms with Gasteiger partial charge in [-0.3, -0.25) is 0 Å². The van der Waals surface area contributed by atoms with E-state index in [9.17, 15) is 13.5 Å². The third kappa shape index (κ3) is 2.82. The summed E-state index contributed by atoms with van der Waals surface area (Å²) in [7, 11) is -3.07. The van der Waals surface area contributed by atoms with Crippen LogP contribution < -0.4 is 5.32 Å². The first-order chi connectivity index (χ1) is 7.46. The van der Waals surface area contributed by atoms with Gasteiger partial charge in [0.2, 0.25) is 0 Å². The van der Waals surface area contributed by atoms with E-state index in [0.29, 0.717) is 0 Å². The first-order valence-electron chi connectivity index (χ1n) is 4.95. The van der Waals surface area contributed by atoms with Gasteiger partial charge in [-0.1, -0.05) is 22.0 Å². The fourth-order valence-corrected chi connectivity index (χ4v) is 4.10. The number of hydrogen-bond acceptors (Lipinski definition) is 3. The molecule has 1 aromatic rings. The molecular weight excluding hydrogens is 294 g/mol. The molecule has 1 aromatic carbocycles. The maximum absolute atomic E-state index is 11.3. The first-order valence-corrected chi connectivity index (χ1v) is 7.57. The molecule has 6 heteroatoms. The minimum atomic E-state index is -3.07. The van der Waals surface area contributed by atoms with Crippen LogP contribution in [0.4, 0.5) is 5.69 Å². The lowest BCUT2D eigenvalue weighted by Gasteiger charge is -2.10. The van der Waals surface area contributed by atoms with E-state index >= 15 is 0 Å². The molecule has 1 fully saturated rings. The molecule has 16 heavy (non-hydrogen) atoms. The number of halogens is 1. The van der Waals surface area contributed by atoms with E-state index in [4.69, 9.17) is 0 Å². The van der Waals surface area contributed by atoms with Crippen LogP contribution in [0.3, 0.4) is 0 Å². The zero-order valence-electron chi connectivity index (χ0n) is 8.51. The minimum Gasteiger partial charge on any atom is -0.386 e. The number of sulfone groups is 1. The highest BCUT2D eigenvalue weighted by Gasteiger charge is 2.39. The standard InChI is InChI=1S/C10H12BrNO3S/c11-7-2-1-3-8(4-7)12-9-5-16(14,15)6-10(9)13/h1-4,9-10,12-13H,5-6H2/p+1. The highest BCUT2D eigenvalue weighted by atomic mass is 79.9. The fraction of sp³-hybridized carbons (Fsp3) is 0.400. The van der Waals surface area contributed by atoms with Crippen LogP contribution in [-0.4, -0.2) is 37.2 Å². The van der Waals surface area contributed by atoms with Crippen LogP contribution in [0.15, 0.2) is 28.7 Å². The SMILES string of the molecule is O=S1(=O)CC(O)C([NH2+]c2cccc(Br)c2)C1. The number of quaternary nitrogens is 1. The van der Waals surface area contributed by atoms with Gasteiger partial charge < -0.3 is 10.4 Å². The predicted molar refractivity (Wildman–Crippen MR) is 64.2 cm³/mol.